The molecule has 1 aromatic heterocycles. The summed E-state index contributed by atoms with van der Waals surface area (Å²) in [6.07, 6.45) is 1.71. The fourth-order valence-corrected chi connectivity index (χ4v) is 5.23. The predicted octanol–water partition coefficient (Wildman–Crippen LogP) is 2.41. The molecule has 30 heavy (non-hydrogen) atoms. The third-order valence-electron chi connectivity index (χ3n) is 5.03. The number of rotatable bonds is 7. The van der Waals surface area contributed by atoms with E-state index in [-0.39, 0.29) is 22.6 Å². The molecule has 1 aliphatic heterocycles. The van der Waals surface area contributed by atoms with Crippen LogP contribution in [0.1, 0.15) is 54.0 Å². The molecule has 0 saturated heterocycles. The molecular formula is C21H26N4O4S. The van der Waals surface area contributed by atoms with Crippen LogP contribution in [0.5, 0.6) is 0 Å². The lowest BCUT2D eigenvalue weighted by molar-refractivity contribution is 0.0845. The Morgan fingerprint density at radius 2 is 1.87 bits per heavy atom. The average molecular weight is 431 g/mol. The van der Waals surface area contributed by atoms with Crippen LogP contribution in [0.3, 0.4) is 0 Å². The number of hydrogen-bond donors (Lipinski definition) is 1. The molecule has 0 spiro atoms. The number of amides is 2. The van der Waals surface area contributed by atoms with Crippen LogP contribution in [0.15, 0.2) is 41.4 Å². The van der Waals surface area contributed by atoms with E-state index in [4.69, 9.17) is 0 Å². The SMILES string of the molecule is CCN(CC)c1ccc(CNC(=O)c2ccc3c(c2)S(=O)(=O)N(C(C)C)C3=O)cn1. The van der Waals surface area contributed by atoms with Gasteiger partial charge in [0.1, 0.15) is 10.7 Å². The number of nitrogens with zero attached hydrogens (tertiary/aromatic N) is 3. The zero-order valence-corrected chi connectivity index (χ0v) is 18.4. The van der Waals surface area contributed by atoms with Crippen molar-refractivity contribution in [3.05, 3.63) is 53.2 Å². The van der Waals surface area contributed by atoms with Crippen molar-refractivity contribution in [2.45, 2.75) is 45.2 Å². The smallest absolute Gasteiger partial charge is 0.269 e. The Balaban J connectivity index is 1.74. The number of carbonyl (C=O) groups excluding carboxylic acids is 2. The molecule has 2 amide bonds. The number of nitrogens with one attached hydrogen (secondary N) is 1. The molecule has 8 nitrogen and oxygen atoms in total. The number of hydrogen-bond acceptors (Lipinski definition) is 6. The number of carbonyl (C=O) groups is 2. The average Bonchev–Trinajstić information content (AvgIpc) is 2.93. The largest absolute Gasteiger partial charge is 0.357 e. The van der Waals surface area contributed by atoms with Crippen LogP contribution in [0.2, 0.25) is 0 Å². The van der Waals surface area contributed by atoms with Crippen LogP contribution >= 0.6 is 0 Å². The summed E-state index contributed by atoms with van der Waals surface area (Å²) in [6, 6.07) is 7.43. The summed E-state index contributed by atoms with van der Waals surface area (Å²) < 4.78 is 26.2. The molecule has 0 fully saturated rings. The Labute approximate surface area is 177 Å². The second-order valence-electron chi connectivity index (χ2n) is 7.29. The second kappa shape index (κ2) is 8.43. The van der Waals surface area contributed by atoms with E-state index in [2.05, 4.69) is 29.0 Å². The Morgan fingerprint density at radius 1 is 1.17 bits per heavy atom. The molecule has 9 heteroatoms. The highest BCUT2D eigenvalue weighted by molar-refractivity contribution is 7.90. The van der Waals surface area contributed by atoms with E-state index in [1.807, 2.05) is 12.1 Å². The molecule has 0 aliphatic carbocycles. The number of sulfonamides is 1. The van der Waals surface area contributed by atoms with Crippen molar-refractivity contribution >= 4 is 27.7 Å². The van der Waals surface area contributed by atoms with Gasteiger partial charge in [0.2, 0.25) is 0 Å². The number of fused-ring (bicyclic) bond motifs is 1. The van der Waals surface area contributed by atoms with Gasteiger partial charge in [-0.1, -0.05) is 6.07 Å². The van der Waals surface area contributed by atoms with E-state index in [1.54, 1.807) is 20.0 Å². The van der Waals surface area contributed by atoms with E-state index < -0.39 is 27.9 Å². The van der Waals surface area contributed by atoms with Gasteiger partial charge < -0.3 is 10.2 Å². The van der Waals surface area contributed by atoms with Gasteiger partial charge in [-0.2, -0.15) is 0 Å². The molecule has 1 N–H and O–H groups in total. The summed E-state index contributed by atoms with van der Waals surface area (Å²) in [7, 11) is -3.95. The van der Waals surface area contributed by atoms with Gasteiger partial charge in [0.25, 0.3) is 21.8 Å². The first-order chi connectivity index (χ1) is 14.2. The van der Waals surface area contributed by atoms with E-state index in [0.29, 0.717) is 0 Å². The lowest BCUT2D eigenvalue weighted by Crippen LogP contribution is -2.36. The van der Waals surface area contributed by atoms with Gasteiger partial charge >= 0.3 is 0 Å². The maximum atomic E-state index is 12.7. The first-order valence-electron chi connectivity index (χ1n) is 9.91. The summed E-state index contributed by atoms with van der Waals surface area (Å²) in [6.45, 7) is 9.36. The zero-order chi connectivity index (χ0) is 22.1. The first-order valence-corrected chi connectivity index (χ1v) is 11.4. The van der Waals surface area contributed by atoms with Gasteiger partial charge in [-0.25, -0.2) is 17.7 Å². The van der Waals surface area contributed by atoms with Gasteiger partial charge in [0.05, 0.1) is 5.56 Å². The quantitative estimate of drug-likeness (QED) is 0.724. The second-order valence-corrected chi connectivity index (χ2v) is 9.07. The van der Waals surface area contributed by atoms with E-state index in [0.717, 1.165) is 28.8 Å². The van der Waals surface area contributed by atoms with Crippen molar-refractivity contribution in [1.82, 2.24) is 14.6 Å². The van der Waals surface area contributed by atoms with Crippen LogP contribution in [0, 0.1) is 0 Å². The number of anilines is 1. The van der Waals surface area contributed by atoms with Crippen LogP contribution < -0.4 is 10.2 Å². The fourth-order valence-electron chi connectivity index (χ4n) is 3.44. The zero-order valence-electron chi connectivity index (χ0n) is 17.5. The van der Waals surface area contributed by atoms with Gasteiger partial charge in [0, 0.05) is 37.4 Å². The highest BCUT2D eigenvalue weighted by Gasteiger charge is 2.42. The number of aromatic nitrogens is 1. The van der Waals surface area contributed by atoms with Gasteiger partial charge in [0.15, 0.2) is 0 Å². The Morgan fingerprint density at radius 3 is 2.43 bits per heavy atom. The van der Waals surface area contributed by atoms with Crippen molar-refractivity contribution in [1.29, 1.82) is 0 Å². The van der Waals surface area contributed by atoms with Gasteiger partial charge in [-0.05, 0) is 57.5 Å². The highest BCUT2D eigenvalue weighted by atomic mass is 32.2. The van der Waals surface area contributed by atoms with Gasteiger partial charge in [-0.15, -0.1) is 0 Å². The van der Waals surface area contributed by atoms with Crippen LogP contribution in [-0.2, 0) is 16.6 Å². The summed E-state index contributed by atoms with van der Waals surface area (Å²) in [4.78, 5) is 31.4. The summed E-state index contributed by atoms with van der Waals surface area (Å²) in [5.41, 5.74) is 1.11. The number of benzene rings is 1. The monoisotopic (exact) mass is 430 g/mol. The molecule has 2 heterocycles. The van der Waals surface area contributed by atoms with Crippen molar-refractivity contribution in [3.63, 3.8) is 0 Å². The van der Waals surface area contributed by atoms with Crippen molar-refractivity contribution < 1.29 is 18.0 Å². The van der Waals surface area contributed by atoms with Crippen LogP contribution in [0.25, 0.3) is 0 Å². The number of pyridine rings is 1. The molecule has 0 saturated carbocycles. The molecular weight excluding hydrogens is 404 g/mol. The van der Waals surface area contributed by atoms with Crippen molar-refractivity contribution in [2.24, 2.45) is 0 Å². The molecule has 0 bridgehead atoms. The third-order valence-corrected chi connectivity index (χ3v) is 7.03. The lowest BCUT2D eigenvalue weighted by atomic mass is 10.1. The maximum Gasteiger partial charge on any atom is 0.269 e. The standard InChI is InChI=1S/C21H26N4O4S/c1-5-24(6-2)19-10-7-15(12-22-19)13-23-20(26)16-8-9-17-18(11-16)30(28,29)25(14(3)4)21(17)27/h7-12,14H,5-6,13H2,1-4H3,(H,23,26). The third kappa shape index (κ3) is 3.89. The first kappa shape index (κ1) is 21.8. The molecule has 0 atom stereocenters. The van der Waals surface area contributed by atoms with Crippen molar-refractivity contribution in [3.8, 4) is 0 Å². The minimum absolute atomic E-state index is 0.0939. The maximum absolute atomic E-state index is 12.7. The fraction of sp³-hybridized carbons (Fsp3) is 0.381. The van der Waals surface area contributed by atoms with Gasteiger partial charge in [-0.3, -0.25) is 9.59 Å². The summed E-state index contributed by atoms with van der Waals surface area (Å²) in [5.74, 6) is -0.110. The molecule has 160 valence electrons. The molecule has 1 aromatic carbocycles. The molecule has 3 rings (SSSR count). The van der Waals surface area contributed by atoms with E-state index in [9.17, 15) is 18.0 Å². The van der Waals surface area contributed by atoms with Crippen LogP contribution in [0.4, 0.5) is 5.82 Å². The topological polar surface area (TPSA) is 99.7 Å². The molecule has 0 radical (unpaired) electrons. The minimum Gasteiger partial charge on any atom is -0.357 e. The Kier molecular flexibility index (Phi) is 6.12. The highest BCUT2D eigenvalue weighted by Crippen LogP contribution is 2.32. The van der Waals surface area contributed by atoms with Crippen LogP contribution in [-0.4, -0.2) is 48.7 Å². The Bertz CT molecular complexity index is 1060. The van der Waals surface area contributed by atoms with Crippen molar-refractivity contribution in [2.75, 3.05) is 18.0 Å². The summed E-state index contributed by atoms with van der Waals surface area (Å²) >= 11 is 0. The lowest BCUT2D eigenvalue weighted by Gasteiger charge is -2.19. The summed E-state index contributed by atoms with van der Waals surface area (Å²) in [5, 5.41) is 2.77. The normalized spacial score (nSPS) is 14.7. The minimum atomic E-state index is -3.95. The van der Waals surface area contributed by atoms with E-state index >= 15 is 0 Å². The molecule has 0 unspecified atom stereocenters. The van der Waals surface area contributed by atoms with E-state index in [1.165, 1.54) is 18.2 Å². The predicted molar refractivity (Wildman–Crippen MR) is 114 cm³/mol. The molecule has 1 aliphatic rings. The Hall–Kier alpha value is -2.94. The molecule has 2 aromatic rings.